The fourth-order valence-corrected chi connectivity index (χ4v) is 1.73. The Balaban J connectivity index is 2.42. The molecule has 14 heavy (non-hydrogen) atoms. The molecule has 0 unspecified atom stereocenters. The minimum atomic E-state index is 0.515. The Hall–Kier alpha value is -1.29. The molecule has 0 aliphatic heterocycles. The molecule has 1 aromatic rings. The van der Waals surface area contributed by atoms with Gasteiger partial charge >= 0.3 is 0 Å². The van der Waals surface area contributed by atoms with E-state index in [0.717, 1.165) is 11.5 Å². The van der Waals surface area contributed by atoms with E-state index in [0.29, 0.717) is 5.92 Å². The van der Waals surface area contributed by atoms with Gasteiger partial charge in [0.05, 0.1) is 11.6 Å². The van der Waals surface area contributed by atoms with Crippen LogP contribution in [0.3, 0.4) is 0 Å². The SMILES string of the molecule is CC(C)c1cc(C#N)cc(C2CC2)c1. The van der Waals surface area contributed by atoms with Crippen molar-refractivity contribution in [2.24, 2.45) is 0 Å². The molecular formula is C13H15N. The van der Waals surface area contributed by atoms with Crippen LogP contribution in [-0.4, -0.2) is 0 Å². The van der Waals surface area contributed by atoms with Crippen LogP contribution in [0, 0.1) is 11.3 Å². The highest BCUT2D eigenvalue weighted by Gasteiger charge is 2.24. The van der Waals surface area contributed by atoms with Crippen molar-refractivity contribution in [2.45, 2.75) is 38.5 Å². The molecule has 0 saturated heterocycles. The summed E-state index contributed by atoms with van der Waals surface area (Å²) in [5, 5.41) is 8.92. The molecule has 0 bridgehead atoms. The Bertz CT molecular complexity index is 360. The standard InChI is InChI=1S/C13H15N/c1-9(2)12-5-10(8-14)6-13(7-12)11-3-4-11/h5-7,9,11H,3-4H2,1-2H3. The monoisotopic (exact) mass is 185 g/mol. The molecule has 72 valence electrons. The zero-order valence-corrected chi connectivity index (χ0v) is 8.75. The van der Waals surface area contributed by atoms with Crippen LogP contribution < -0.4 is 0 Å². The molecule has 0 N–H and O–H groups in total. The molecule has 0 amide bonds. The molecule has 0 heterocycles. The maximum absolute atomic E-state index is 8.92. The first-order valence-electron chi connectivity index (χ1n) is 5.25. The van der Waals surface area contributed by atoms with E-state index in [1.54, 1.807) is 0 Å². The van der Waals surface area contributed by atoms with Crippen molar-refractivity contribution in [2.75, 3.05) is 0 Å². The van der Waals surface area contributed by atoms with Gasteiger partial charge in [-0.2, -0.15) is 5.26 Å². The quantitative estimate of drug-likeness (QED) is 0.691. The van der Waals surface area contributed by atoms with Crippen molar-refractivity contribution in [1.29, 1.82) is 5.26 Å². The van der Waals surface area contributed by atoms with Gasteiger partial charge in [0.15, 0.2) is 0 Å². The Morgan fingerprint density at radius 3 is 2.50 bits per heavy atom. The predicted molar refractivity (Wildman–Crippen MR) is 57.2 cm³/mol. The van der Waals surface area contributed by atoms with Crippen LogP contribution in [0.5, 0.6) is 0 Å². The maximum Gasteiger partial charge on any atom is 0.0991 e. The Morgan fingerprint density at radius 1 is 1.29 bits per heavy atom. The van der Waals surface area contributed by atoms with E-state index in [1.165, 1.54) is 24.0 Å². The molecular weight excluding hydrogens is 170 g/mol. The van der Waals surface area contributed by atoms with Gasteiger partial charge in [-0.15, -0.1) is 0 Å². The van der Waals surface area contributed by atoms with Gasteiger partial charge in [-0.1, -0.05) is 19.9 Å². The normalized spacial score (nSPS) is 15.6. The smallest absolute Gasteiger partial charge is 0.0991 e. The summed E-state index contributed by atoms with van der Waals surface area (Å²) in [6, 6.07) is 8.57. The number of nitriles is 1. The van der Waals surface area contributed by atoms with Gasteiger partial charge in [-0.25, -0.2) is 0 Å². The van der Waals surface area contributed by atoms with Crippen LogP contribution in [-0.2, 0) is 0 Å². The highest BCUT2D eigenvalue weighted by molar-refractivity contribution is 5.41. The maximum atomic E-state index is 8.92. The minimum absolute atomic E-state index is 0.515. The third-order valence-electron chi connectivity index (χ3n) is 2.82. The van der Waals surface area contributed by atoms with Gasteiger partial charge in [-0.05, 0) is 47.9 Å². The average Bonchev–Trinajstić information content (AvgIpc) is 3.00. The third-order valence-corrected chi connectivity index (χ3v) is 2.82. The molecule has 1 aromatic carbocycles. The van der Waals surface area contributed by atoms with Crippen molar-refractivity contribution in [3.63, 3.8) is 0 Å². The van der Waals surface area contributed by atoms with Crippen LogP contribution in [0.2, 0.25) is 0 Å². The molecule has 1 aliphatic carbocycles. The van der Waals surface area contributed by atoms with Crippen molar-refractivity contribution >= 4 is 0 Å². The molecule has 0 spiro atoms. The third kappa shape index (κ3) is 1.80. The number of rotatable bonds is 2. The molecule has 1 heteroatoms. The fourth-order valence-electron chi connectivity index (χ4n) is 1.73. The van der Waals surface area contributed by atoms with Crippen molar-refractivity contribution < 1.29 is 0 Å². The van der Waals surface area contributed by atoms with Gasteiger partial charge in [0.2, 0.25) is 0 Å². The van der Waals surface area contributed by atoms with Gasteiger partial charge in [-0.3, -0.25) is 0 Å². The topological polar surface area (TPSA) is 23.8 Å². The second kappa shape index (κ2) is 3.46. The summed E-state index contributed by atoms with van der Waals surface area (Å²) >= 11 is 0. The zero-order valence-electron chi connectivity index (χ0n) is 8.75. The largest absolute Gasteiger partial charge is 0.192 e. The van der Waals surface area contributed by atoms with E-state index < -0.39 is 0 Å². The van der Waals surface area contributed by atoms with Gasteiger partial charge in [0, 0.05) is 0 Å². The molecule has 2 rings (SSSR count). The second-order valence-electron chi connectivity index (χ2n) is 4.43. The molecule has 1 nitrogen and oxygen atoms in total. The van der Waals surface area contributed by atoms with Crippen molar-refractivity contribution in [1.82, 2.24) is 0 Å². The van der Waals surface area contributed by atoms with Crippen LogP contribution in [0.15, 0.2) is 18.2 Å². The summed E-state index contributed by atoms with van der Waals surface area (Å²) in [6.07, 6.45) is 2.60. The van der Waals surface area contributed by atoms with E-state index in [4.69, 9.17) is 5.26 Å². The second-order valence-corrected chi connectivity index (χ2v) is 4.43. The average molecular weight is 185 g/mol. The zero-order chi connectivity index (χ0) is 10.1. The first-order chi connectivity index (χ1) is 6.70. The lowest BCUT2D eigenvalue weighted by molar-refractivity contribution is 0.861. The van der Waals surface area contributed by atoms with E-state index in [-0.39, 0.29) is 0 Å². The van der Waals surface area contributed by atoms with Crippen LogP contribution in [0.25, 0.3) is 0 Å². The molecule has 1 fully saturated rings. The van der Waals surface area contributed by atoms with E-state index in [2.05, 4.69) is 26.0 Å². The fraction of sp³-hybridized carbons (Fsp3) is 0.462. The first-order valence-corrected chi connectivity index (χ1v) is 5.25. The van der Waals surface area contributed by atoms with Crippen molar-refractivity contribution in [3.05, 3.63) is 34.9 Å². The molecule has 0 atom stereocenters. The summed E-state index contributed by atoms with van der Waals surface area (Å²) in [6.45, 7) is 4.35. The number of nitrogens with zero attached hydrogens (tertiary/aromatic N) is 1. The van der Waals surface area contributed by atoms with E-state index in [9.17, 15) is 0 Å². The summed E-state index contributed by atoms with van der Waals surface area (Å²) in [5.74, 6) is 1.25. The summed E-state index contributed by atoms with van der Waals surface area (Å²) in [7, 11) is 0. The van der Waals surface area contributed by atoms with Crippen molar-refractivity contribution in [3.8, 4) is 6.07 Å². The lowest BCUT2D eigenvalue weighted by Gasteiger charge is -2.08. The van der Waals surface area contributed by atoms with Gasteiger partial charge < -0.3 is 0 Å². The number of benzene rings is 1. The predicted octanol–water partition coefficient (Wildman–Crippen LogP) is 3.56. The van der Waals surface area contributed by atoms with Crippen LogP contribution >= 0.6 is 0 Å². The number of hydrogen-bond donors (Lipinski definition) is 0. The van der Waals surface area contributed by atoms with Gasteiger partial charge in [0.1, 0.15) is 0 Å². The molecule has 1 aliphatic rings. The Kier molecular flexibility index (Phi) is 2.29. The van der Waals surface area contributed by atoms with Crippen LogP contribution in [0.1, 0.15) is 55.2 Å². The van der Waals surface area contributed by atoms with E-state index in [1.807, 2.05) is 12.1 Å². The lowest BCUT2D eigenvalue weighted by Crippen LogP contribution is -1.92. The van der Waals surface area contributed by atoms with Crippen LogP contribution in [0.4, 0.5) is 0 Å². The minimum Gasteiger partial charge on any atom is -0.192 e. The highest BCUT2D eigenvalue weighted by atomic mass is 14.3. The Morgan fingerprint density at radius 2 is 2.00 bits per heavy atom. The first kappa shape index (κ1) is 9.27. The van der Waals surface area contributed by atoms with E-state index >= 15 is 0 Å². The number of hydrogen-bond acceptors (Lipinski definition) is 1. The highest BCUT2D eigenvalue weighted by Crippen LogP contribution is 2.41. The summed E-state index contributed by atoms with van der Waals surface area (Å²) in [4.78, 5) is 0. The van der Waals surface area contributed by atoms with Gasteiger partial charge in [0.25, 0.3) is 0 Å². The molecule has 1 saturated carbocycles. The lowest BCUT2D eigenvalue weighted by atomic mass is 9.96. The molecule has 0 radical (unpaired) electrons. The Labute approximate surface area is 85.4 Å². The summed E-state index contributed by atoms with van der Waals surface area (Å²) < 4.78 is 0. The summed E-state index contributed by atoms with van der Waals surface area (Å²) in [5.41, 5.74) is 3.48. The molecule has 0 aromatic heterocycles.